The third kappa shape index (κ3) is 5.39. The third-order valence-corrected chi connectivity index (χ3v) is 6.44. The van der Waals surface area contributed by atoms with Crippen molar-refractivity contribution in [2.75, 3.05) is 20.1 Å². The number of hydrogen-bond acceptors (Lipinski definition) is 6. The summed E-state index contributed by atoms with van der Waals surface area (Å²) < 4.78 is 48.7. The second kappa shape index (κ2) is 9.10. The fourth-order valence-corrected chi connectivity index (χ4v) is 4.52. The summed E-state index contributed by atoms with van der Waals surface area (Å²) in [5, 5.41) is 17.3. The Balaban J connectivity index is 1.62. The van der Waals surface area contributed by atoms with Crippen LogP contribution in [0.3, 0.4) is 0 Å². The second-order valence-electron chi connectivity index (χ2n) is 9.91. The first-order valence-electron chi connectivity index (χ1n) is 11.3. The fourth-order valence-electron chi connectivity index (χ4n) is 4.52. The smallest absolute Gasteiger partial charge is 0.416 e. The molecule has 0 atom stereocenters. The summed E-state index contributed by atoms with van der Waals surface area (Å²) in [5.74, 6) is -0.801. The summed E-state index contributed by atoms with van der Waals surface area (Å²) in [6, 6.07) is 3.91. The molecule has 0 bridgehead atoms. The highest BCUT2D eigenvalue weighted by Crippen LogP contribution is 2.39. The first-order valence-corrected chi connectivity index (χ1v) is 11.3. The lowest BCUT2D eigenvalue weighted by atomic mass is 9.76. The Morgan fingerprint density at radius 1 is 1.31 bits per heavy atom. The molecule has 0 saturated carbocycles. The number of carboxylic acids is 1. The fraction of sp³-hybridized carbons (Fsp3) is 0.500. The van der Waals surface area contributed by atoms with Gasteiger partial charge >= 0.3 is 12.1 Å². The van der Waals surface area contributed by atoms with Gasteiger partial charge in [-0.05, 0) is 49.8 Å². The highest BCUT2D eigenvalue weighted by molar-refractivity contribution is 5.69. The highest BCUT2D eigenvalue weighted by atomic mass is 19.4. The number of aryl methyl sites for hydroxylation is 1. The zero-order valence-corrected chi connectivity index (χ0v) is 20.1. The molecule has 11 heteroatoms. The SMILES string of the molecule is CN(CCc1ccc(-c2noc(-c3nn(C)c4c3CCC(C)(C)C4)n2)cc1C(F)(F)F)CC(=O)O. The Morgan fingerprint density at radius 3 is 2.74 bits per heavy atom. The van der Waals surface area contributed by atoms with Gasteiger partial charge in [-0.1, -0.05) is 31.1 Å². The number of aromatic nitrogens is 4. The maximum absolute atomic E-state index is 13.8. The van der Waals surface area contributed by atoms with E-state index in [1.54, 1.807) is 7.05 Å². The first-order chi connectivity index (χ1) is 16.3. The van der Waals surface area contributed by atoms with Gasteiger partial charge in [0.15, 0.2) is 5.69 Å². The normalized spacial score (nSPS) is 15.4. The Bertz CT molecular complexity index is 1250. The van der Waals surface area contributed by atoms with E-state index in [0.29, 0.717) is 5.69 Å². The predicted octanol–water partition coefficient (Wildman–Crippen LogP) is 4.23. The Kier molecular flexibility index (Phi) is 6.48. The minimum atomic E-state index is -4.59. The van der Waals surface area contributed by atoms with Crippen molar-refractivity contribution in [1.82, 2.24) is 24.8 Å². The molecule has 1 N–H and O–H groups in total. The molecule has 2 aromatic heterocycles. The summed E-state index contributed by atoms with van der Waals surface area (Å²) in [6.07, 6.45) is -1.88. The van der Waals surface area contributed by atoms with Crippen molar-refractivity contribution < 1.29 is 27.6 Å². The average molecular weight is 492 g/mol. The lowest BCUT2D eigenvalue weighted by Gasteiger charge is -2.29. The minimum absolute atomic E-state index is 0.0484. The number of likely N-dealkylation sites (N-methyl/N-ethyl adjacent to an activating group) is 1. The molecule has 1 aromatic carbocycles. The van der Waals surface area contributed by atoms with Crippen molar-refractivity contribution in [3.05, 3.63) is 40.6 Å². The van der Waals surface area contributed by atoms with Gasteiger partial charge < -0.3 is 9.63 Å². The highest BCUT2D eigenvalue weighted by Gasteiger charge is 2.35. The van der Waals surface area contributed by atoms with E-state index < -0.39 is 17.7 Å². The van der Waals surface area contributed by atoms with Crippen molar-refractivity contribution in [2.45, 2.75) is 45.7 Å². The van der Waals surface area contributed by atoms with Gasteiger partial charge in [0, 0.05) is 30.4 Å². The van der Waals surface area contributed by atoms with Crippen LogP contribution in [0.25, 0.3) is 23.0 Å². The number of halogens is 3. The van der Waals surface area contributed by atoms with Crippen LogP contribution in [0.4, 0.5) is 13.2 Å². The van der Waals surface area contributed by atoms with Crippen LogP contribution in [-0.2, 0) is 37.3 Å². The Hall–Kier alpha value is -3.21. The second-order valence-corrected chi connectivity index (χ2v) is 9.91. The number of fused-ring (bicyclic) bond motifs is 1. The summed E-state index contributed by atoms with van der Waals surface area (Å²) >= 11 is 0. The molecule has 4 rings (SSSR count). The van der Waals surface area contributed by atoms with Gasteiger partial charge in [-0.3, -0.25) is 14.4 Å². The van der Waals surface area contributed by atoms with E-state index in [-0.39, 0.29) is 47.8 Å². The molecule has 2 heterocycles. The zero-order valence-electron chi connectivity index (χ0n) is 20.1. The Labute approximate surface area is 200 Å². The van der Waals surface area contributed by atoms with Gasteiger partial charge in [0.25, 0.3) is 5.89 Å². The average Bonchev–Trinajstić information content (AvgIpc) is 3.35. The van der Waals surface area contributed by atoms with Crippen LogP contribution in [-0.4, -0.2) is 56.0 Å². The van der Waals surface area contributed by atoms with Gasteiger partial charge in [-0.25, -0.2) is 0 Å². The van der Waals surface area contributed by atoms with Gasteiger partial charge in [-0.2, -0.15) is 23.3 Å². The molecule has 0 amide bonds. The number of carboxylic acid groups (broad SMARTS) is 1. The molecule has 0 spiro atoms. The largest absolute Gasteiger partial charge is 0.480 e. The standard InChI is InChI=1S/C24H28F3N5O3/c1-23(2)9-7-16-18(12-23)32(4)29-20(16)22-28-21(30-35-22)15-6-5-14(17(11-15)24(25,26)27)8-10-31(3)13-19(33)34/h5-6,11H,7-10,12-13H2,1-4H3,(H,33,34). The summed E-state index contributed by atoms with van der Waals surface area (Å²) in [4.78, 5) is 16.6. The quantitative estimate of drug-likeness (QED) is 0.528. The van der Waals surface area contributed by atoms with E-state index in [0.717, 1.165) is 36.6 Å². The van der Waals surface area contributed by atoms with E-state index in [2.05, 4.69) is 29.1 Å². The molecule has 8 nitrogen and oxygen atoms in total. The molecular weight excluding hydrogens is 463 g/mol. The molecule has 35 heavy (non-hydrogen) atoms. The van der Waals surface area contributed by atoms with Gasteiger partial charge in [-0.15, -0.1) is 0 Å². The van der Waals surface area contributed by atoms with Crippen LogP contribution in [0.5, 0.6) is 0 Å². The molecule has 0 radical (unpaired) electrons. The first kappa shape index (κ1) is 24.9. The third-order valence-electron chi connectivity index (χ3n) is 6.44. The molecule has 0 aliphatic heterocycles. The molecule has 0 fully saturated rings. The van der Waals surface area contributed by atoms with Crippen LogP contribution in [0.1, 0.15) is 42.7 Å². The van der Waals surface area contributed by atoms with Crippen molar-refractivity contribution in [2.24, 2.45) is 12.5 Å². The van der Waals surface area contributed by atoms with Crippen LogP contribution in [0, 0.1) is 5.41 Å². The van der Waals surface area contributed by atoms with E-state index in [1.165, 1.54) is 17.0 Å². The number of carbonyl (C=O) groups is 1. The Morgan fingerprint density at radius 2 is 2.06 bits per heavy atom. The number of aliphatic carboxylic acids is 1. The van der Waals surface area contributed by atoms with Gasteiger partial charge in [0.05, 0.1) is 12.1 Å². The maximum Gasteiger partial charge on any atom is 0.416 e. The molecule has 0 unspecified atom stereocenters. The maximum atomic E-state index is 13.8. The van der Waals surface area contributed by atoms with Gasteiger partial charge in [0.2, 0.25) is 5.82 Å². The van der Waals surface area contributed by atoms with Gasteiger partial charge in [0.1, 0.15) is 0 Å². The van der Waals surface area contributed by atoms with E-state index in [4.69, 9.17) is 9.63 Å². The number of rotatable bonds is 7. The number of hydrogen-bond donors (Lipinski definition) is 1. The molecule has 1 aliphatic carbocycles. The summed E-state index contributed by atoms with van der Waals surface area (Å²) in [7, 11) is 3.41. The van der Waals surface area contributed by atoms with Crippen LogP contribution in [0.2, 0.25) is 0 Å². The molecule has 1 aliphatic rings. The topological polar surface area (TPSA) is 97.3 Å². The van der Waals surface area contributed by atoms with Crippen molar-refractivity contribution in [3.8, 4) is 23.0 Å². The lowest BCUT2D eigenvalue weighted by Crippen LogP contribution is -2.28. The number of alkyl halides is 3. The molecular formula is C24H28F3N5O3. The number of benzene rings is 1. The van der Waals surface area contributed by atoms with Crippen molar-refractivity contribution >= 4 is 5.97 Å². The van der Waals surface area contributed by atoms with Crippen LogP contribution >= 0.6 is 0 Å². The van der Waals surface area contributed by atoms with E-state index in [9.17, 15) is 18.0 Å². The molecule has 0 saturated heterocycles. The van der Waals surface area contributed by atoms with Crippen LogP contribution < -0.4 is 0 Å². The molecule has 3 aromatic rings. The molecule has 188 valence electrons. The summed E-state index contributed by atoms with van der Waals surface area (Å²) in [6.45, 7) is 4.33. The monoisotopic (exact) mass is 491 g/mol. The van der Waals surface area contributed by atoms with Crippen molar-refractivity contribution in [1.29, 1.82) is 0 Å². The van der Waals surface area contributed by atoms with Crippen molar-refractivity contribution in [3.63, 3.8) is 0 Å². The zero-order chi connectivity index (χ0) is 25.5. The predicted molar refractivity (Wildman–Crippen MR) is 122 cm³/mol. The lowest BCUT2D eigenvalue weighted by molar-refractivity contribution is -0.139. The summed E-state index contributed by atoms with van der Waals surface area (Å²) in [5.41, 5.74) is 2.33. The van der Waals surface area contributed by atoms with E-state index in [1.807, 2.05) is 11.7 Å². The number of nitrogens with zero attached hydrogens (tertiary/aromatic N) is 5. The van der Waals surface area contributed by atoms with E-state index >= 15 is 0 Å². The van der Waals surface area contributed by atoms with Crippen LogP contribution in [0.15, 0.2) is 22.7 Å². The minimum Gasteiger partial charge on any atom is -0.480 e.